The molecule has 1 aromatic carbocycles. The summed E-state index contributed by atoms with van der Waals surface area (Å²) < 4.78 is 37.4. The molecule has 1 N–H and O–H groups in total. The Bertz CT molecular complexity index is 906. The zero-order valence-electron chi connectivity index (χ0n) is 18.1. The van der Waals surface area contributed by atoms with Crippen LogP contribution >= 0.6 is 0 Å². The van der Waals surface area contributed by atoms with Gasteiger partial charge < -0.3 is 14.4 Å². The Morgan fingerprint density at radius 3 is 2.58 bits per heavy atom. The topological polar surface area (TPSA) is 109 Å². The number of piperidine rings is 1. The van der Waals surface area contributed by atoms with Gasteiger partial charge in [-0.3, -0.25) is 0 Å². The Balaban J connectivity index is 1.61. The number of likely N-dealkylation sites (tertiary alicyclic amines) is 1. The number of amides is 1. The van der Waals surface area contributed by atoms with Crippen molar-refractivity contribution < 1.29 is 22.7 Å². The van der Waals surface area contributed by atoms with Crippen molar-refractivity contribution in [2.75, 3.05) is 26.5 Å². The van der Waals surface area contributed by atoms with Gasteiger partial charge in [0.15, 0.2) is 0 Å². The Morgan fingerprint density at radius 2 is 1.94 bits per heavy atom. The van der Waals surface area contributed by atoms with Crippen molar-refractivity contribution in [3.63, 3.8) is 0 Å². The van der Waals surface area contributed by atoms with Gasteiger partial charge in [0.2, 0.25) is 10.0 Å². The minimum Gasteiger partial charge on any atom is -0.453 e. The summed E-state index contributed by atoms with van der Waals surface area (Å²) in [5.41, 5.74) is 1.84. The maximum atomic E-state index is 12.2. The molecule has 1 aliphatic heterocycles. The Morgan fingerprint density at radius 1 is 1.23 bits per heavy atom. The summed E-state index contributed by atoms with van der Waals surface area (Å²) in [6, 6.07) is 9.21. The summed E-state index contributed by atoms with van der Waals surface area (Å²) in [5, 5.41) is 9.36. The van der Waals surface area contributed by atoms with Crippen molar-refractivity contribution in [3.8, 4) is 6.07 Å². The predicted octanol–water partition coefficient (Wildman–Crippen LogP) is 2.75. The van der Waals surface area contributed by atoms with Gasteiger partial charge in [-0.2, -0.15) is 5.26 Å². The van der Waals surface area contributed by atoms with E-state index < -0.39 is 28.2 Å². The maximum Gasteiger partial charge on any atom is 0.409 e. The summed E-state index contributed by atoms with van der Waals surface area (Å²) in [6.45, 7) is 0.771. The standard InChI is InChI=1S/C22H31N3O5S/c1-29-22(26)25-13-5-8-20(24-31(2,27)28)21(25)15-30-18-11-9-16(10-12-18)19-7-4-3-6-17(19)14-23/h3-4,6-7,16,18,20-21,24H,5,8-13,15H2,1-2H3/t16?,18?,20-,21-/m0/s1. The lowest BCUT2D eigenvalue weighted by atomic mass is 9.81. The molecule has 0 unspecified atom stereocenters. The zero-order valence-corrected chi connectivity index (χ0v) is 18.9. The second-order valence-electron chi connectivity index (χ2n) is 8.38. The normalized spacial score (nSPS) is 26.8. The minimum atomic E-state index is -3.41. The largest absolute Gasteiger partial charge is 0.453 e. The van der Waals surface area contributed by atoms with Gasteiger partial charge in [0, 0.05) is 12.6 Å². The molecule has 1 amide bonds. The molecule has 0 bridgehead atoms. The first kappa shape index (κ1) is 23.5. The highest BCUT2D eigenvalue weighted by molar-refractivity contribution is 7.88. The van der Waals surface area contributed by atoms with Crippen LogP contribution in [0.5, 0.6) is 0 Å². The Hall–Kier alpha value is -2.15. The van der Waals surface area contributed by atoms with Crippen LogP contribution in [0.1, 0.15) is 55.6 Å². The van der Waals surface area contributed by atoms with E-state index in [9.17, 15) is 18.5 Å². The number of nitrogens with one attached hydrogen (secondary N) is 1. The number of nitriles is 1. The molecule has 31 heavy (non-hydrogen) atoms. The smallest absolute Gasteiger partial charge is 0.409 e. The Labute approximate surface area is 184 Å². The minimum absolute atomic E-state index is 0.0470. The number of rotatable bonds is 6. The zero-order chi connectivity index (χ0) is 22.4. The summed E-state index contributed by atoms with van der Waals surface area (Å²) >= 11 is 0. The van der Waals surface area contributed by atoms with Crippen LogP contribution in [0.3, 0.4) is 0 Å². The lowest BCUT2D eigenvalue weighted by Crippen LogP contribution is -2.59. The van der Waals surface area contributed by atoms with Crippen molar-refractivity contribution in [3.05, 3.63) is 35.4 Å². The molecule has 1 heterocycles. The van der Waals surface area contributed by atoms with Crippen molar-refractivity contribution in [2.24, 2.45) is 0 Å². The third-order valence-corrected chi connectivity index (χ3v) is 6.98. The van der Waals surface area contributed by atoms with Crippen LogP contribution in [-0.2, 0) is 19.5 Å². The highest BCUT2D eigenvalue weighted by Gasteiger charge is 2.37. The summed E-state index contributed by atoms with van der Waals surface area (Å²) in [6.07, 6.45) is 5.63. The molecule has 9 heteroatoms. The lowest BCUT2D eigenvalue weighted by molar-refractivity contribution is -0.0245. The van der Waals surface area contributed by atoms with E-state index in [1.54, 1.807) is 4.90 Å². The molecular weight excluding hydrogens is 418 g/mol. The van der Waals surface area contributed by atoms with Crippen LogP contribution in [0.15, 0.2) is 24.3 Å². The molecule has 2 fully saturated rings. The molecule has 170 valence electrons. The molecule has 2 atom stereocenters. The first-order valence-corrected chi connectivity index (χ1v) is 12.6. The highest BCUT2D eigenvalue weighted by Crippen LogP contribution is 2.35. The number of carbonyl (C=O) groups excluding carboxylic acids is 1. The van der Waals surface area contributed by atoms with E-state index in [0.29, 0.717) is 25.3 Å². The van der Waals surface area contributed by atoms with Gasteiger partial charge in [0.25, 0.3) is 0 Å². The summed E-state index contributed by atoms with van der Waals surface area (Å²) in [5.74, 6) is 0.344. The van der Waals surface area contributed by atoms with Gasteiger partial charge in [-0.25, -0.2) is 17.9 Å². The van der Waals surface area contributed by atoms with Crippen LogP contribution in [0.25, 0.3) is 0 Å². The molecule has 1 aromatic rings. The highest BCUT2D eigenvalue weighted by atomic mass is 32.2. The number of sulfonamides is 1. The molecule has 1 aliphatic carbocycles. The average Bonchev–Trinajstić information content (AvgIpc) is 2.77. The van der Waals surface area contributed by atoms with Crippen molar-refractivity contribution in [1.82, 2.24) is 9.62 Å². The lowest BCUT2D eigenvalue weighted by Gasteiger charge is -2.41. The van der Waals surface area contributed by atoms with Crippen molar-refractivity contribution in [1.29, 1.82) is 5.26 Å². The van der Waals surface area contributed by atoms with E-state index in [-0.39, 0.29) is 12.7 Å². The number of nitrogens with zero attached hydrogens (tertiary/aromatic N) is 2. The van der Waals surface area contributed by atoms with Crippen molar-refractivity contribution in [2.45, 2.75) is 62.6 Å². The van der Waals surface area contributed by atoms with Crippen molar-refractivity contribution >= 4 is 16.1 Å². The molecule has 2 aliphatic rings. The molecule has 8 nitrogen and oxygen atoms in total. The van der Waals surface area contributed by atoms with Gasteiger partial charge in [0.05, 0.1) is 43.8 Å². The van der Waals surface area contributed by atoms with Gasteiger partial charge in [-0.1, -0.05) is 18.2 Å². The maximum absolute atomic E-state index is 12.2. The molecular formula is C22H31N3O5S. The Kier molecular flexibility index (Phi) is 7.92. The first-order valence-electron chi connectivity index (χ1n) is 10.7. The van der Waals surface area contributed by atoms with Crippen LogP contribution in [0.4, 0.5) is 4.79 Å². The fourth-order valence-electron chi connectivity index (χ4n) is 4.75. The van der Waals surface area contributed by atoms with Gasteiger partial charge >= 0.3 is 6.09 Å². The number of benzene rings is 1. The predicted molar refractivity (Wildman–Crippen MR) is 116 cm³/mol. The van der Waals surface area contributed by atoms with Gasteiger partial charge in [-0.05, 0) is 56.1 Å². The second kappa shape index (κ2) is 10.4. The van der Waals surface area contributed by atoms with E-state index in [0.717, 1.165) is 43.1 Å². The van der Waals surface area contributed by atoms with Crippen LogP contribution in [0, 0.1) is 11.3 Å². The average molecular weight is 450 g/mol. The third kappa shape index (κ3) is 6.19. The van der Waals surface area contributed by atoms with Crippen LogP contribution in [-0.4, -0.2) is 64.1 Å². The quantitative estimate of drug-likeness (QED) is 0.715. The number of methoxy groups -OCH3 is 1. The van der Waals surface area contributed by atoms with E-state index in [1.807, 2.05) is 24.3 Å². The molecule has 1 saturated carbocycles. The summed E-state index contributed by atoms with van der Waals surface area (Å²) in [4.78, 5) is 13.8. The van der Waals surface area contributed by atoms with E-state index in [4.69, 9.17) is 9.47 Å². The summed E-state index contributed by atoms with van der Waals surface area (Å²) in [7, 11) is -2.08. The number of hydrogen-bond acceptors (Lipinski definition) is 6. The molecule has 3 rings (SSSR count). The second-order valence-corrected chi connectivity index (χ2v) is 10.2. The third-order valence-electron chi connectivity index (χ3n) is 6.25. The number of hydrogen-bond donors (Lipinski definition) is 1. The van der Waals surface area contributed by atoms with E-state index in [1.165, 1.54) is 7.11 Å². The van der Waals surface area contributed by atoms with Crippen LogP contribution in [0.2, 0.25) is 0 Å². The molecule has 1 saturated heterocycles. The van der Waals surface area contributed by atoms with Crippen LogP contribution < -0.4 is 4.72 Å². The van der Waals surface area contributed by atoms with E-state index >= 15 is 0 Å². The molecule has 0 radical (unpaired) electrons. The molecule has 0 spiro atoms. The number of ether oxygens (including phenoxy) is 2. The fourth-order valence-corrected chi connectivity index (χ4v) is 5.57. The number of carbonyl (C=O) groups is 1. The monoisotopic (exact) mass is 449 g/mol. The first-order chi connectivity index (χ1) is 14.8. The molecule has 0 aromatic heterocycles. The van der Waals surface area contributed by atoms with Gasteiger partial charge in [0.1, 0.15) is 0 Å². The van der Waals surface area contributed by atoms with E-state index in [2.05, 4.69) is 10.8 Å². The van der Waals surface area contributed by atoms with Gasteiger partial charge in [-0.15, -0.1) is 0 Å². The fraction of sp³-hybridized carbons (Fsp3) is 0.636. The SMILES string of the molecule is COC(=O)N1CCC[C@H](NS(C)(=O)=O)[C@@H]1COC1CCC(c2ccccc2C#N)CC1.